The quantitative estimate of drug-likeness (QED) is 0.699. The topological polar surface area (TPSA) is 74.2 Å². The van der Waals surface area contributed by atoms with Gasteiger partial charge in [-0.3, -0.25) is 4.98 Å². The highest BCUT2D eigenvalue weighted by molar-refractivity contribution is 5.95. The van der Waals surface area contributed by atoms with Gasteiger partial charge in [-0.05, 0) is 70.9 Å². The van der Waals surface area contributed by atoms with Crippen molar-refractivity contribution in [3.05, 3.63) is 42.6 Å². The first-order valence-corrected chi connectivity index (χ1v) is 10.1. The van der Waals surface area contributed by atoms with E-state index in [1.165, 1.54) is 0 Å². The third-order valence-electron chi connectivity index (χ3n) is 5.74. The number of nitrogens with one attached hydrogen (secondary N) is 1. The van der Waals surface area contributed by atoms with Crippen LogP contribution >= 0.6 is 0 Å². The zero-order valence-corrected chi connectivity index (χ0v) is 17.8. The van der Waals surface area contributed by atoms with E-state index in [4.69, 9.17) is 0 Å². The summed E-state index contributed by atoms with van der Waals surface area (Å²) >= 11 is 0. The van der Waals surface area contributed by atoms with Crippen molar-refractivity contribution in [2.24, 2.45) is 0 Å². The van der Waals surface area contributed by atoms with Gasteiger partial charge in [0, 0.05) is 35.8 Å². The molecule has 0 spiro atoms. The lowest BCUT2D eigenvalue weighted by Gasteiger charge is -2.49. The molecule has 152 valence electrons. The van der Waals surface area contributed by atoms with Gasteiger partial charge < -0.3 is 15.3 Å². The summed E-state index contributed by atoms with van der Waals surface area (Å²) in [7, 11) is 2.09. The Morgan fingerprint density at radius 2 is 1.72 bits per heavy atom. The number of rotatable bonds is 3. The van der Waals surface area contributed by atoms with E-state index in [0.29, 0.717) is 17.3 Å². The molecule has 0 radical (unpaired) electrons. The van der Waals surface area contributed by atoms with Gasteiger partial charge in [-0.25, -0.2) is 0 Å². The molecular formula is C23H29N5O. The van der Waals surface area contributed by atoms with E-state index in [1.807, 2.05) is 30.3 Å². The Labute approximate surface area is 172 Å². The molecule has 6 nitrogen and oxygen atoms in total. The van der Waals surface area contributed by atoms with Gasteiger partial charge in [0.05, 0.1) is 16.8 Å². The predicted octanol–water partition coefficient (Wildman–Crippen LogP) is 4.14. The summed E-state index contributed by atoms with van der Waals surface area (Å²) in [5.41, 5.74) is 2.09. The molecule has 0 atom stereocenters. The van der Waals surface area contributed by atoms with Crippen molar-refractivity contribution < 1.29 is 5.11 Å². The van der Waals surface area contributed by atoms with Crippen molar-refractivity contribution in [1.82, 2.24) is 20.5 Å². The highest BCUT2D eigenvalue weighted by Gasteiger charge is 2.39. The maximum absolute atomic E-state index is 10.4. The minimum Gasteiger partial charge on any atom is -0.507 e. The van der Waals surface area contributed by atoms with Crippen LogP contribution in [0.5, 0.6) is 5.75 Å². The van der Waals surface area contributed by atoms with Gasteiger partial charge in [-0.15, -0.1) is 10.2 Å². The molecule has 1 aromatic carbocycles. The second-order valence-corrected chi connectivity index (χ2v) is 9.38. The first kappa shape index (κ1) is 19.6. The molecule has 0 amide bonds. The minimum absolute atomic E-state index is 0.0639. The molecule has 2 aromatic heterocycles. The molecule has 0 bridgehead atoms. The van der Waals surface area contributed by atoms with Crippen molar-refractivity contribution in [2.75, 3.05) is 11.9 Å². The number of hydrogen-bond acceptors (Lipinski definition) is 6. The van der Waals surface area contributed by atoms with Crippen LogP contribution in [0, 0.1) is 0 Å². The normalized spacial score (nSPS) is 18.7. The molecule has 3 aromatic rings. The van der Waals surface area contributed by atoms with Gasteiger partial charge in [-0.1, -0.05) is 6.07 Å². The summed E-state index contributed by atoms with van der Waals surface area (Å²) in [6, 6.07) is 11.7. The average molecular weight is 392 g/mol. The van der Waals surface area contributed by atoms with E-state index in [-0.39, 0.29) is 16.8 Å². The first-order chi connectivity index (χ1) is 13.7. The van der Waals surface area contributed by atoms with Crippen molar-refractivity contribution in [2.45, 2.75) is 57.7 Å². The van der Waals surface area contributed by atoms with Crippen LogP contribution in [0.1, 0.15) is 40.5 Å². The van der Waals surface area contributed by atoms with Gasteiger partial charge in [-0.2, -0.15) is 0 Å². The fourth-order valence-corrected chi connectivity index (χ4v) is 4.76. The van der Waals surface area contributed by atoms with Gasteiger partial charge in [0.25, 0.3) is 0 Å². The molecule has 0 unspecified atom stereocenters. The van der Waals surface area contributed by atoms with Crippen molar-refractivity contribution in [3.8, 4) is 17.0 Å². The summed E-state index contributed by atoms with van der Waals surface area (Å²) in [6.07, 6.45) is 3.79. The summed E-state index contributed by atoms with van der Waals surface area (Å²) in [5.74, 6) is 0.994. The average Bonchev–Trinajstić information content (AvgIpc) is 2.65. The number of anilines is 1. The summed E-state index contributed by atoms with van der Waals surface area (Å²) in [5, 5.41) is 24.1. The Kier molecular flexibility index (Phi) is 4.69. The third-order valence-corrected chi connectivity index (χ3v) is 5.74. The number of phenols is 1. The Bertz CT molecular complexity index is 1010. The summed E-state index contributed by atoms with van der Waals surface area (Å²) < 4.78 is 0. The lowest BCUT2D eigenvalue weighted by molar-refractivity contribution is 0.160. The molecule has 6 heteroatoms. The third kappa shape index (κ3) is 3.90. The number of piperidine rings is 1. The SMILES string of the molecule is CN(c1ccc(-c2c(O)ccc3cccnc23)nn1)C1CC(C)(C)NC(C)(C)C1. The number of aromatic hydroxyl groups is 1. The molecular weight excluding hydrogens is 362 g/mol. The molecule has 0 saturated carbocycles. The van der Waals surface area contributed by atoms with E-state index >= 15 is 0 Å². The Hall–Kier alpha value is -2.73. The minimum atomic E-state index is 0.0639. The number of benzene rings is 1. The van der Waals surface area contributed by atoms with E-state index < -0.39 is 0 Å². The molecule has 1 fully saturated rings. The van der Waals surface area contributed by atoms with Crippen molar-refractivity contribution in [1.29, 1.82) is 0 Å². The zero-order chi connectivity index (χ0) is 20.8. The van der Waals surface area contributed by atoms with Gasteiger partial charge in [0.1, 0.15) is 5.75 Å². The number of nitrogens with zero attached hydrogens (tertiary/aromatic N) is 4. The molecule has 3 heterocycles. The van der Waals surface area contributed by atoms with Crippen LogP contribution < -0.4 is 10.2 Å². The molecule has 1 aliphatic rings. The molecule has 1 saturated heterocycles. The molecule has 0 aliphatic carbocycles. The molecule has 4 rings (SSSR count). The second kappa shape index (κ2) is 6.95. The van der Waals surface area contributed by atoms with Gasteiger partial charge in [0.15, 0.2) is 5.82 Å². The monoisotopic (exact) mass is 391 g/mol. The predicted molar refractivity (Wildman–Crippen MR) is 117 cm³/mol. The molecule has 2 N–H and O–H groups in total. The van der Waals surface area contributed by atoms with Crippen LogP contribution in [0.2, 0.25) is 0 Å². The van der Waals surface area contributed by atoms with Crippen molar-refractivity contribution >= 4 is 16.7 Å². The molecule has 29 heavy (non-hydrogen) atoms. The first-order valence-electron chi connectivity index (χ1n) is 10.1. The Morgan fingerprint density at radius 3 is 2.38 bits per heavy atom. The highest BCUT2D eigenvalue weighted by Crippen LogP contribution is 2.35. The zero-order valence-electron chi connectivity index (χ0n) is 17.8. The van der Waals surface area contributed by atoms with E-state index in [1.54, 1.807) is 12.3 Å². The standard InChI is InChI=1S/C23H29N5O/c1-22(2)13-16(14-23(3,4)27-22)28(5)19-11-9-17(25-26-19)20-18(29)10-8-15-7-6-12-24-21(15)20/h6-12,16,27,29H,13-14H2,1-5H3. The number of phenolic OH excluding ortho intramolecular Hbond substituents is 1. The second-order valence-electron chi connectivity index (χ2n) is 9.38. The number of pyridine rings is 1. The van der Waals surface area contributed by atoms with Crippen LogP contribution in [0.3, 0.4) is 0 Å². The lowest BCUT2D eigenvalue weighted by atomic mass is 9.79. The van der Waals surface area contributed by atoms with E-state index in [0.717, 1.165) is 29.6 Å². The van der Waals surface area contributed by atoms with Gasteiger partial charge in [0.2, 0.25) is 0 Å². The largest absolute Gasteiger partial charge is 0.507 e. The van der Waals surface area contributed by atoms with Gasteiger partial charge >= 0.3 is 0 Å². The van der Waals surface area contributed by atoms with Crippen LogP contribution in [0.4, 0.5) is 5.82 Å². The Balaban J connectivity index is 1.65. The maximum Gasteiger partial charge on any atom is 0.151 e. The maximum atomic E-state index is 10.4. The lowest BCUT2D eigenvalue weighted by Crippen LogP contribution is -2.62. The number of hydrogen-bond donors (Lipinski definition) is 2. The van der Waals surface area contributed by atoms with E-state index in [9.17, 15) is 5.11 Å². The van der Waals surface area contributed by atoms with E-state index in [2.05, 4.69) is 60.1 Å². The van der Waals surface area contributed by atoms with Crippen LogP contribution in [0.25, 0.3) is 22.2 Å². The summed E-state index contributed by atoms with van der Waals surface area (Å²) in [6.45, 7) is 9.00. The van der Waals surface area contributed by atoms with Crippen molar-refractivity contribution in [3.63, 3.8) is 0 Å². The number of fused-ring (bicyclic) bond motifs is 1. The number of aromatic nitrogens is 3. The van der Waals surface area contributed by atoms with Crippen LogP contribution in [0.15, 0.2) is 42.6 Å². The molecule has 1 aliphatic heterocycles. The fourth-order valence-electron chi connectivity index (χ4n) is 4.76. The smallest absolute Gasteiger partial charge is 0.151 e. The summed E-state index contributed by atoms with van der Waals surface area (Å²) in [4.78, 5) is 6.66. The van der Waals surface area contributed by atoms with Crippen LogP contribution in [-0.4, -0.2) is 44.5 Å². The fraction of sp³-hybridized carbons (Fsp3) is 0.435. The Morgan fingerprint density at radius 1 is 1.00 bits per heavy atom. The van der Waals surface area contributed by atoms with Crippen LogP contribution in [-0.2, 0) is 0 Å². The highest BCUT2D eigenvalue weighted by atomic mass is 16.3.